The second kappa shape index (κ2) is 9.62. The third kappa shape index (κ3) is 3.84. The lowest BCUT2D eigenvalue weighted by Crippen LogP contribution is -2.25. The number of carbonyl (C=O) groups is 1. The number of Topliss-reactive ketones (excluding diaryl/α,β-unsaturated/α-hetero) is 1. The van der Waals surface area contributed by atoms with Gasteiger partial charge in [0, 0.05) is 57.9 Å². The molecule has 0 fully saturated rings. The van der Waals surface area contributed by atoms with E-state index < -0.39 is 0 Å². The average molecular weight is 557 g/mol. The van der Waals surface area contributed by atoms with Crippen molar-refractivity contribution in [2.45, 2.75) is 73.1 Å². The maximum absolute atomic E-state index is 13.4. The number of fused-ring (bicyclic) bond motifs is 8. The Morgan fingerprint density at radius 3 is 2.33 bits per heavy atom. The fourth-order valence-corrected chi connectivity index (χ4v) is 7.28. The smallest absolute Gasteiger partial charge is 0.169 e. The van der Waals surface area contributed by atoms with Crippen molar-refractivity contribution in [3.8, 4) is 11.1 Å². The number of rotatable bonds is 3. The molecule has 6 nitrogen and oxygen atoms in total. The van der Waals surface area contributed by atoms with E-state index in [2.05, 4.69) is 92.7 Å². The van der Waals surface area contributed by atoms with Gasteiger partial charge in [-0.15, -0.1) is 0 Å². The predicted octanol–water partition coefficient (Wildman–Crippen LogP) is 7.41. The fraction of sp³-hybridized carbons (Fsp3) is 0.333. The number of aromatic nitrogens is 5. The van der Waals surface area contributed by atoms with E-state index in [4.69, 9.17) is 9.97 Å². The van der Waals surface area contributed by atoms with Crippen LogP contribution in [-0.2, 0) is 26.3 Å². The second-order valence-electron chi connectivity index (χ2n) is 12.2. The van der Waals surface area contributed by atoms with Gasteiger partial charge in [0.25, 0.3) is 0 Å². The summed E-state index contributed by atoms with van der Waals surface area (Å²) in [6.07, 6.45) is 7.21. The van der Waals surface area contributed by atoms with Crippen molar-refractivity contribution in [1.82, 2.24) is 19.9 Å². The monoisotopic (exact) mass is 556 g/mol. The van der Waals surface area contributed by atoms with Crippen LogP contribution in [0.2, 0.25) is 0 Å². The van der Waals surface area contributed by atoms with E-state index in [-0.39, 0.29) is 11.7 Å². The van der Waals surface area contributed by atoms with Gasteiger partial charge >= 0.3 is 0 Å². The number of hydrogen-bond acceptors (Lipinski definition) is 3. The molecule has 6 heteroatoms. The van der Waals surface area contributed by atoms with E-state index in [0.29, 0.717) is 6.42 Å². The van der Waals surface area contributed by atoms with E-state index in [1.165, 1.54) is 22.3 Å². The van der Waals surface area contributed by atoms with Crippen molar-refractivity contribution in [2.24, 2.45) is 7.05 Å². The molecule has 212 valence electrons. The van der Waals surface area contributed by atoms with Crippen molar-refractivity contribution in [1.29, 1.82) is 0 Å². The first-order valence-electron chi connectivity index (χ1n) is 15.2. The second-order valence-corrected chi connectivity index (χ2v) is 12.2. The maximum atomic E-state index is 13.4. The van der Waals surface area contributed by atoms with Gasteiger partial charge in [-0.2, -0.15) is 0 Å². The predicted molar refractivity (Wildman–Crippen MR) is 169 cm³/mol. The third-order valence-corrected chi connectivity index (χ3v) is 9.62. The summed E-state index contributed by atoms with van der Waals surface area (Å²) < 4.78 is 2.06. The molecule has 1 aliphatic carbocycles. The molecule has 42 heavy (non-hydrogen) atoms. The molecule has 0 saturated heterocycles. The van der Waals surface area contributed by atoms with Gasteiger partial charge in [0.2, 0.25) is 0 Å². The Kier molecular flexibility index (Phi) is 6.08. The molecular formula is C36H38N5O+. The van der Waals surface area contributed by atoms with Crippen LogP contribution in [0.15, 0.2) is 36.7 Å². The Labute approximate surface area is 246 Å². The minimum Gasteiger partial charge on any atom is -0.354 e. The third-order valence-electron chi connectivity index (χ3n) is 9.62. The van der Waals surface area contributed by atoms with Gasteiger partial charge in [0.05, 0.1) is 28.1 Å². The molecular weight excluding hydrogens is 518 g/mol. The lowest BCUT2D eigenvalue weighted by atomic mass is 9.94. The van der Waals surface area contributed by atoms with Crippen LogP contribution in [0.4, 0.5) is 0 Å². The molecule has 4 aromatic rings. The van der Waals surface area contributed by atoms with E-state index in [1.807, 2.05) is 7.05 Å². The lowest BCUT2D eigenvalue weighted by molar-refractivity contribution is -0.671. The number of allylic oxidation sites excluding steroid dienone is 2. The number of nitrogens with zero attached hydrogens (tertiary/aromatic N) is 3. The zero-order valence-electron chi connectivity index (χ0n) is 25.6. The normalized spacial score (nSPS) is 16.2. The molecule has 0 spiro atoms. The summed E-state index contributed by atoms with van der Waals surface area (Å²) in [6.45, 7) is 13.1. The zero-order chi connectivity index (χ0) is 29.4. The molecule has 0 amide bonds. The van der Waals surface area contributed by atoms with Crippen LogP contribution in [0, 0.1) is 13.8 Å². The number of H-pyrrole nitrogens is 2. The molecule has 8 bridgehead atoms. The van der Waals surface area contributed by atoms with Crippen molar-refractivity contribution in [3.05, 3.63) is 87.3 Å². The molecule has 0 unspecified atom stereocenters. The van der Waals surface area contributed by atoms with Crippen LogP contribution in [0.5, 0.6) is 0 Å². The first-order valence-corrected chi connectivity index (χ1v) is 15.2. The molecule has 6 heterocycles. The largest absolute Gasteiger partial charge is 0.354 e. The topological polar surface area (TPSA) is 78.3 Å². The molecule has 2 aliphatic heterocycles. The van der Waals surface area contributed by atoms with Crippen molar-refractivity contribution >= 4 is 39.0 Å². The number of pyridine rings is 1. The van der Waals surface area contributed by atoms with Gasteiger partial charge in [-0.1, -0.05) is 20.8 Å². The van der Waals surface area contributed by atoms with Gasteiger partial charge in [0.15, 0.2) is 18.2 Å². The van der Waals surface area contributed by atoms with Gasteiger partial charge < -0.3 is 9.97 Å². The van der Waals surface area contributed by atoms with E-state index in [0.717, 1.165) is 91.9 Å². The lowest BCUT2D eigenvalue weighted by Gasteiger charge is -2.09. The van der Waals surface area contributed by atoms with Gasteiger partial charge in [-0.3, -0.25) is 9.78 Å². The van der Waals surface area contributed by atoms with Crippen molar-refractivity contribution in [2.75, 3.05) is 0 Å². The Hall–Kier alpha value is -4.32. The SMILES string of the molecule is CCC1=C(C)c2cc3[nH]c(c(C)c3CC)c(-c3cc[n+](C)cc3)c3nc(c4c5[nH]c(cc1n2)c(C)c5C(=O)C4)C[C@@H]3C. The zero-order valence-corrected chi connectivity index (χ0v) is 25.6. The van der Waals surface area contributed by atoms with E-state index in [1.54, 1.807) is 0 Å². The molecule has 0 saturated carbocycles. The number of carbonyl (C=O) groups excluding carboxylic acids is 1. The maximum Gasteiger partial charge on any atom is 0.169 e. The quantitative estimate of drug-likeness (QED) is 0.258. The summed E-state index contributed by atoms with van der Waals surface area (Å²) in [5.41, 5.74) is 18.3. The molecule has 0 radical (unpaired) electrons. The van der Waals surface area contributed by atoms with Crippen molar-refractivity contribution in [3.63, 3.8) is 0 Å². The summed E-state index contributed by atoms with van der Waals surface area (Å²) in [6, 6.07) is 8.72. The summed E-state index contributed by atoms with van der Waals surface area (Å²) in [7, 11) is 2.04. The summed E-state index contributed by atoms with van der Waals surface area (Å²) in [4.78, 5) is 31.5. The number of aryl methyl sites for hydroxylation is 4. The van der Waals surface area contributed by atoms with Gasteiger partial charge in [-0.25, -0.2) is 9.55 Å². The number of hydrogen-bond donors (Lipinski definition) is 2. The molecule has 4 aromatic heterocycles. The van der Waals surface area contributed by atoms with Crippen LogP contribution >= 0.6 is 0 Å². The number of nitrogens with one attached hydrogen (secondary N) is 2. The van der Waals surface area contributed by atoms with Crippen LogP contribution in [0.1, 0.15) is 95.4 Å². The summed E-state index contributed by atoms with van der Waals surface area (Å²) >= 11 is 0. The molecule has 0 aromatic carbocycles. The minimum absolute atomic E-state index is 0.173. The van der Waals surface area contributed by atoms with Crippen molar-refractivity contribution < 1.29 is 9.36 Å². The van der Waals surface area contributed by atoms with Gasteiger partial charge in [-0.05, 0) is 85.6 Å². The molecule has 1 atom stereocenters. The first-order chi connectivity index (χ1) is 20.2. The fourth-order valence-electron chi connectivity index (χ4n) is 7.28. The summed E-state index contributed by atoms with van der Waals surface area (Å²) in [5.74, 6) is 0.383. The van der Waals surface area contributed by atoms with Crippen LogP contribution < -0.4 is 4.57 Å². The van der Waals surface area contributed by atoms with Crippen LogP contribution in [0.3, 0.4) is 0 Å². The highest BCUT2D eigenvalue weighted by Crippen LogP contribution is 2.41. The highest BCUT2D eigenvalue weighted by Gasteiger charge is 2.31. The first kappa shape index (κ1) is 26.6. The van der Waals surface area contributed by atoms with E-state index in [9.17, 15) is 4.79 Å². The highest BCUT2D eigenvalue weighted by atomic mass is 16.1. The molecule has 3 aliphatic rings. The summed E-state index contributed by atoms with van der Waals surface area (Å²) in [5, 5.41) is 0. The Balaban J connectivity index is 1.72. The molecule has 7 rings (SSSR count). The van der Waals surface area contributed by atoms with Crippen LogP contribution in [-0.4, -0.2) is 25.7 Å². The number of aromatic amines is 2. The molecule has 2 N–H and O–H groups in total. The Morgan fingerprint density at radius 2 is 1.62 bits per heavy atom. The highest BCUT2D eigenvalue weighted by molar-refractivity contribution is 6.13. The minimum atomic E-state index is 0.173. The Morgan fingerprint density at radius 1 is 0.905 bits per heavy atom. The standard InChI is InChI=1S/C36H37N5O/c1-8-23-19(4)26-16-30-24(9-2)20(5)35(40-30)33(22-10-12-41(7)13-11-22)34-18(3)14-28(39-34)25-15-31(42)32-21(6)27(38-36(25)32)17-29(23)37-26/h10-13,16-18H,8-9,14-15H2,1-7H3,(H,37,38,40,42)/p+1/t18-/m0/s1. The van der Waals surface area contributed by atoms with Gasteiger partial charge in [0.1, 0.15) is 7.05 Å². The van der Waals surface area contributed by atoms with E-state index >= 15 is 0 Å². The average Bonchev–Trinajstić information content (AvgIpc) is 3.73. The number of ketones is 1. The Bertz CT molecular complexity index is 2020. The van der Waals surface area contributed by atoms with Crippen LogP contribution in [0.25, 0.3) is 44.3 Å².